The molecule has 31 heavy (non-hydrogen) atoms. The standard InChI is InChI=1S/C26H28N4O/c1-5-31-20-13-11-19(12-14-20)28-25-21(15-10-17(2)3)18(4)22(16-27)26-29-23-8-6-7-9-24(23)30(25)26/h6-9,11-14,17H,5,10,15H2,1-4H3,(H,28,29)/p+1. The van der Waals surface area contributed by atoms with Gasteiger partial charge in [0.05, 0.1) is 12.3 Å². The van der Waals surface area contributed by atoms with Gasteiger partial charge in [-0.2, -0.15) is 9.66 Å². The molecule has 0 spiro atoms. The maximum atomic E-state index is 9.99. The number of pyridine rings is 1. The highest BCUT2D eigenvalue weighted by atomic mass is 16.5. The lowest BCUT2D eigenvalue weighted by atomic mass is 9.96. The van der Waals surface area contributed by atoms with Gasteiger partial charge in [-0.15, -0.1) is 0 Å². The number of anilines is 2. The fourth-order valence-electron chi connectivity index (χ4n) is 4.07. The fourth-order valence-corrected chi connectivity index (χ4v) is 4.07. The summed E-state index contributed by atoms with van der Waals surface area (Å²) in [6.07, 6.45) is 1.96. The van der Waals surface area contributed by atoms with Gasteiger partial charge in [0.1, 0.15) is 28.4 Å². The van der Waals surface area contributed by atoms with Gasteiger partial charge in [0.25, 0.3) is 0 Å². The number of H-pyrrole nitrogens is 1. The third-order valence-electron chi connectivity index (χ3n) is 5.71. The summed E-state index contributed by atoms with van der Waals surface area (Å²) in [4.78, 5) is 3.46. The summed E-state index contributed by atoms with van der Waals surface area (Å²) in [6, 6.07) is 18.6. The number of imidazole rings is 1. The molecule has 4 rings (SSSR count). The van der Waals surface area contributed by atoms with Crippen molar-refractivity contribution in [3.8, 4) is 11.8 Å². The fraction of sp³-hybridized carbons (Fsp3) is 0.308. The van der Waals surface area contributed by atoms with E-state index in [0.29, 0.717) is 18.1 Å². The number of hydrogen-bond acceptors (Lipinski definition) is 3. The van der Waals surface area contributed by atoms with Gasteiger partial charge in [-0.3, -0.25) is 10.3 Å². The van der Waals surface area contributed by atoms with E-state index in [0.717, 1.165) is 52.3 Å². The van der Waals surface area contributed by atoms with Crippen LogP contribution in [0.2, 0.25) is 0 Å². The number of fused-ring (bicyclic) bond motifs is 3. The highest BCUT2D eigenvalue weighted by Crippen LogP contribution is 2.29. The molecule has 0 aliphatic heterocycles. The first-order chi connectivity index (χ1) is 15.0. The summed E-state index contributed by atoms with van der Waals surface area (Å²) >= 11 is 0. The van der Waals surface area contributed by atoms with E-state index in [4.69, 9.17) is 4.74 Å². The lowest BCUT2D eigenvalue weighted by Crippen LogP contribution is -2.28. The first-order valence-electron chi connectivity index (χ1n) is 10.9. The van der Waals surface area contributed by atoms with Crippen LogP contribution in [0.5, 0.6) is 5.75 Å². The van der Waals surface area contributed by atoms with Crippen molar-refractivity contribution in [3.63, 3.8) is 0 Å². The van der Waals surface area contributed by atoms with Crippen LogP contribution < -0.4 is 14.5 Å². The smallest absolute Gasteiger partial charge is 0.250 e. The van der Waals surface area contributed by atoms with Crippen LogP contribution in [0.15, 0.2) is 48.5 Å². The van der Waals surface area contributed by atoms with Crippen LogP contribution in [-0.4, -0.2) is 11.6 Å². The van der Waals surface area contributed by atoms with Crippen molar-refractivity contribution < 1.29 is 9.14 Å². The molecule has 2 aromatic heterocycles. The summed E-state index contributed by atoms with van der Waals surface area (Å²) in [5.74, 6) is 2.44. The van der Waals surface area contributed by atoms with Crippen LogP contribution in [0.1, 0.15) is 43.9 Å². The van der Waals surface area contributed by atoms with Crippen molar-refractivity contribution >= 4 is 28.2 Å². The minimum atomic E-state index is 0.576. The predicted molar refractivity (Wildman–Crippen MR) is 125 cm³/mol. The van der Waals surface area contributed by atoms with Gasteiger partial charge >= 0.3 is 0 Å². The Hall–Kier alpha value is -3.52. The molecule has 2 heterocycles. The minimum Gasteiger partial charge on any atom is -0.494 e. The van der Waals surface area contributed by atoms with Gasteiger partial charge in [0.15, 0.2) is 0 Å². The summed E-state index contributed by atoms with van der Waals surface area (Å²) < 4.78 is 7.75. The summed E-state index contributed by atoms with van der Waals surface area (Å²) in [6.45, 7) is 9.15. The molecule has 0 atom stereocenters. The number of ether oxygens (including phenoxy) is 1. The number of aromatic amines is 1. The Morgan fingerprint density at radius 3 is 2.55 bits per heavy atom. The third-order valence-corrected chi connectivity index (χ3v) is 5.71. The van der Waals surface area contributed by atoms with Crippen LogP contribution in [0, 0.1) is 24.2 Å². The van der Waals surface area contributed by atoms with E-state index in [1.165, 1.54) is 5.56 Å². The number of rotatable bonds is 7. The van der Waals surface area contributed by atoms with Gasteiger partial charge < -0.3 is 4.74 Å². The van der Waals surface area contributed by atoms with Gasteiger partial charge in [-0.25, -0.2) is 0 Å². The largest absolute Gasteiger partial charge is 0.494 e. The SMILES string of the molecule is CCOc1ccc(Nc2c(CCC(C)C)c(C)c(C#N)c3[nH]c4ccccc4[n+]23)cc1. The molecule has 0 aliphatic rings. The van der Waals surface area contributed by atoms with Crippen LogP contribution in [0.3, 0.4) is 0 Å². The number of nitriles is 1. The molecule has 2 aromatic carbocycles. The zero-order chi connectivity index (χ0) is 22.0. The third kappa shape index (κ3) is 3.94. The van der Waals surface area contributed by atoms with E-state index in [-0.39, 0.29) is 0 Å². The molecule has 0 fully saturated rings. The highest BCUT2D eigenvalue weighted by molar-refractivity contribution is 5.78. The molecule has 0 saturated heterocycles. The zero-order valence-electron chi connectivity index (χ0n) is 18.6. The Morgan fingerprint density at radius 2 is 1.87 bits per heavy atom. The maximum Gasteiger partial charge on any atom is 0.250 e. The molecule has 0 unspecified atom stereocenters. The topological polar surface area (TPSA) is 64.9 Å². The Kier molecular flexibility index (Phi) is 5.81. The first-order valence-corrected chi connectivity index (χ1v) is 10.9. The van der Waals surface area contributed by atoms with Crippen LogP contribution >= 0.6 is 0 Å². The van der Waals surface area contributed by atoms with Crippen molar-refractivity contribution in [1.82, 2.24) is 4.98 Å². The molecule has 2 N–H and O–H groups in total. The molecule has 0 amide bonds. The van der Waals surface area contributed by atoms with Crippen LogP contribution in [-0.2, 0) is 6.42 Å². The number of para-hydroxylation sites is 2. The minimum absolute atomic E-state index is 0.576. The highest BCUT2D eigenvalue weighted by Gasteiger charge is 2.26. The quantitative estimate of drug-likeness (QED) is 0.375. The van der Waals surface area contributed by atoms with Crippen molar-refractivity contribution in [2.24, 2.45) is 5.92 Å². The second kappa shape index (κ2) is 8.69. The van der Waals surface area contributed by atoms with E-state index in [1.54, 1.807) is 0 Å². The van der Waals surface area contributed by atoms with Crippen molar-refractivity contribution in [1.29, 1.82) is 5.26 Å². The van der Waals surface area contributed by atoms with Crippen LogP contribution in [0.4, 0.5) is 11.5 Å². The Labute approximate surface area is 183 Å². The second-order valence-electron chi connectivity index (χ2n) is 8.28. The predicted octanol–water partition coefficient (Wildman–Crippen LogP) is 5.82. The van der Waals surface area contributed by atoms with E-state index in [9.17, 15) is 5.26 Å². The van der Waals surface area contributed by atoms with Gasteiger partial charge in [-0.1, -0.05) is 26.0 Å². The normalized spacial score (nSPS) is 11.2. The summed E-state index contributed by atoms with van der Waals surface area (Å²) in [5.41, 5.74) is 6.78. The maximum absolute atomic E-state index is 9.99. The number of benzene rings is 2. The molecule has 0 aliphatic carbocycles. The lowest BCUT2D eigenvalue weighted by molar-refractivity contribution is -0.465. The van der Waals surface area contributed by atoms with E-state index in [2.05, 4.69) is 47.6 Å². The number of aromatic nitrogens is 2. The second-order valence-corrected chi connectivity index (χ2v) is 8.28. The van der Waals surface area contributed by atoms with Crippen LogP contribution in [0.25, 0.3) is 16.7 Å². The Balaban J connectivity index is 1.95. The Bertz CT molecular complexity index is 1260. The molecule has 158 valence electrons. The number of nitrogens with one attached hydrogen (secondary N) is 2. The summed E-state index contributed by atoms with van der Waals surface area (Å²) in [5, 5.41) is 13.6. The Morgan fingerprint density at radius 1 is 1.13 bits per heavy atom. The number of hydrogen-bond donors (Lipinski definition) is 2. The molecule has 0 radical (unpaired) electrons. The van der Waals surface area contributed by atoms with E-state index >= 15 is 0 Å². The van der Waals surface area contributed by atoms with Gasteiger partial charge in [0, 0.05) is 5.56 Å². The van der Waals surface area contributed by atoms with Crippen molar-refractivity contribution in [2.75, 3.05) is 11.9 Å². The molecular formula is C26H29N4O+. The lowest BCUT2D eigenvalue weighted by Gasteiger charge is -2.15. The molecule has 4 aromatic rings. The first kappa shape index (κ1) is 20.7. The number of nitrogens with zero attached hydrogens (tertiary/aromatic N) is 2. The van der Waals surface area contributed by atoms with Gasteiger partial charge in [0.2, 0.25) is 11.5 Å². The van der Waals surface area contributed by atoms with E-state index in [1.807, 2.05) is 49.4 Å². The average Bonchev–Trinajstić information content (AvgIpc) is 3.14. The van der Waals surface area contributed by atoms with Crippen molar-refractivity contribution in [3.05, 3.63) is 65.2 Å². The molecule has 0 saturated carbocycles. The molecule has 0 bridgehead atoms. The molecule has 5 nitrogen and oxygen atoms in total. The van der Waals surface area contributed by atoms with Gasteiger partial charge in [-0.05, 0) is 74.6 Å². The monoisotopic (exact) mass is 413 g/mol. The molecular weight excluding hydrogens is 384 g/mol. The summed E-state index contributed by atoms with van der Waals surface area (Å²) in [7, 11) is 0. The zero-order valence-corrected chi connectivity index (χ0v) is 18.6. The van der Waals surface area contributed by atoms with Crippen molar-refractivity contribution in [2.45, 2.75) is 40.5 Å². The average molecular weight is 414 g/mol. The molecule has 5 heteroatoms. The van der Waals surface area contributed by atoms with E-state index < -0.39 is 0 Å².